The van der Waals surface area contributed by atoms with Crippen molar-refractivity contribution >= 4 is 34.5 Å². The number of hydrogen-bond donors (Lipinski definition) is 1. The van der Waals surface area contributed by atoms with Crippen molar-refractivity contribution in [2.75, 3.05) is 12.4 Å². The molecule has 0 aliphatic carbocycles. The van der Waals surface area contributed by atoms with E-state index in [4.69, 9.17) is 21.4 Å². The second-order valence-electron chi connectivity index (χ2n) is 3.52. The number of rotatable bonds is 2. The fraction of sp³-hybridized carbons (Fsp3) is 0.444. The van der Waals surface area contributed by atoms with E-state index in [0.717, 1.165) is 5.75 Å². The Bertz CT molecular complexity index is 549. The molecule has 1 saturated heterocycles. The van der Waals surface area contributed by atoms with E-state index in [9.17, 15) is 0 Å². The van der Waals surface area contributed by atoms with E-state index in [0.29, 0.717) is 16.3 Å². The number of aromatic nitrogens is 4. The number of nitrogens with zero attached hydrogens (tertiary/aromatic N) is 4. The number of aliphatic hydroxyl groups is 1. The van der Waals surface area contributed by atoms with Crippen molar-refractivity contribution in [2.24, 2.45) is 0 Å². The highest BCUT2D eigenvalue weighted by molar-refractivity contribution is 8.00. The Kier molecular flexibility index (Phi) is 2.91. The first-order valence-electron chi connectivity index (χ1n) is 5.00. The smallest absolute Gasteiger partial charge is 0.166 e. The van der Waals surface area contributed by atoms with Gasteiger partial charge in [0.15, 0.2) is 10.8 Å². The normalized spacial score (nSPS) is 24.6. The van der Waals surface area contributed by atoms with E-state index in [-0.39, 0.29) is 18.3 Å². The van der Waals surface area contributed by atoms with Crippen molar-refractivity contribution < 1.29 is 9.84 Å². The van der Waals surface area contributed by atoms with Gasteiger partial charge in [-0.2, -0.15) is 0 Å². The molecule has 0 aromatic carbocycles. The average Bonchev–Trinajstić information content (AvgIpc) is 2.94. The lowest BCUT2D eigenvalue weighted by molar-refractivity contribution is -0.00191. The molecule has 6 nitrogen and oxygen atoms in total. The number of imidazole rings is 1. The van der Waals surface area contributed by atoms with Crippen LogP contribution in [0.4, 0.5) is 0 Å². The quantitative estimate of drug-likeness (QED) is 0.824. The van der Waals surface area contributed by atoms with E-state index < -0.39 is 0 Å². The van der Waals surface area contributed by atoms with E-state index in [1.54, 1.807) is 18.1 Å². The number of hydrogen-bond acceptors (Lipinski definition) is 6. The second kappa shape index (κ2) is 4.41. The molecule has 2 aromatic rings. The van der Waals surface area contributed by atoms with Gasteiger partial charge in [-0.25, -0.2) is 15.0 Å². The summed E-state index contributed by atoms with van der Waals surface area (Å²) in [6.45, 7) is 0.00351. The molecule has 8 heteroatoms. The van der Waals surface area contributed by atoms with Crippen LogP contribution in [0.25, 0.3) is 11.2 Å². The molecule has 2 atom stereocenters. The molecule has 0 radical (unpaired) electrons. The van der Waals surface area contributed by atoms with Crippen LogP contribution in [0.2, 0.25) is 5.15 Å². The Morgan fingerprint density at radius 1 is 1.53 bits per heavy atom. The minimum absolute atomic E-state index is 0.00351. The van der Waals surface area contributed by atoms with Gasteiger partial charge in [0.2, 0.25) is 0 Å². The van der Waals surface area contributed by atoms with Crippen molar-refractivity contribution in [2.45, 2.75) is 11.7 Å². The number of fused-ring (bicyclic) bond motifs is 1. The maximum absolute atomic E-state index is 9.02. The predicted molar refractivity (Wildman–Crippen MR) is 63.8 cm³/mol. The number of halogens is 1. The zero-order chi connectivity index (χ0) is 11.8. The summed E-state index contributed by atoms with van der Waals surface area (Å²) >= 11 is 7.48. The summed E-state index contributed by atoms with van der Waals surface area (Å²) in [5.41, 5.74) is 1.03. The molecule has 1 fully saturated rings. The lowest BCUT2D eigenvalue weighted by Crippen LogP contribution is -2.14. The summed E-state index contributed by atoms with van der Waals surface area (Å²) in [7, 11) is 0. The van der Waals surface area contributed by atoms with Gasteiger partial charge in [0.25, 0.3) is 0 Å². The molecule has 0 saturated carbocycles. The molecule has 0 unspecified atom stereocenters. The van der Waals surface area contributed by atoms with Crippen LogP contribution in [0.3, 0.4) is 0 Å². The summed E-state index contributed by atoms with van der Waals surface area (Å²) in [6.07, 6.45) is 2.86. The summed E-state index contributed by atoms with van der Waals surface area (Å²) < 4.78 is 7.45. The van der Waals surface area contributed by atoms with Gasteiger partial charge >= 0.3 is 0 Å². The number of ether oxygens (including phenoxy) is 1. The van der Waals surface area contributed by atoms with E-state index in [1.807, 2.05) is 4.57 Å². The van der Waals surface area contributed by atoms with Crippen molar-refractivity contribution in [1.29, 1.82) is 0 Å². The van der Waals surface area contributed by atoms with Gasteiger partial charge in [0, 0.05) is 5.75 Å². The van der Waals surface area contributed by atoms with Crippen LogP contribution in [-0.4, -0.2) is 42.4 Å². The van der Waals surface area contributed by atoms with Gasteiger partial charge in [0.1, 0.15) is 23.5 Å². The predicted octanol–water partition coefficient (Wildman–Crippen LogP) is 1.06. The minimum Gasteiger partial charge on any atom is -0.393 e. The van der Waals surface area contributed by atoms with Gasteiger partial charge < -0.3 is 9.84 Å². The molecule has 3 rings (SSSR count). The molecular formula is C9H9ClN4O2S. The molecule has 17 heavy (non-hydrogen) atoms. The second-order valence-corrected chi connectivity index (χ2v) is 5.08. The highest BCUT2D eigenvalue weighted by Crippen LogP contribution is 2.33. The van der Waals surface area contributed by atoms with Gasteiger partial charge in [-0.3, -0.25) is 4.57 Å². The van der Waals surface area contributed by atoms with Crippen LogP contribution in [0.5, 0.6) is 0 Å². The Morgan fingerprint density at radius 2 is 2.41 bits per heavy atom. The van der Waals surface area contributed by atoms with Crippen LogP contribution >= 0.6 is 23.4 Å². The molecule has 1 aliphatic rings. The Hall–Kier alpha value is -0.890. The lowest BCUT2D eigenvalue weighted by atomic mass is 10.5. The van der Waals surface area contributed by atoms with Crippen molar-refractivity contribution in [1.82, 2.24) is 19.5 Å². The topological polar surface area (TPSA) is 73.1 Å². The Morgan fingerprint density at radius 3 is 3.18 bits per heavy atom. The molecule has 2 aromatic heterocycles. The Balaban J connectivity index is 1.99. The van der Waals surface area contributed by atoms with Crippen LogP contribution in [0.1, 0.15) is 6.23 Å². The first-order valence-corrected chi connectivity index (χ1v) is 6.43. The van der Waals surface area contributed by atoms with Gasteiger partial charge in [-0.1, -0.05) is 11.6 Å². The largest absolute Gasteiger partial charge is 0.393 e. The fourth-order valence-corrected chi connectivity index (χ4v) is 2.83. The van der Waals surface area contributed by atoms with Gasteiger partial charge in [-0.15, -0.1) is 11.8 Å². The van der Waals surface area contributed by atoms with E-state index >= 15 is 0 Å². The van der Waals surface area contributed by atoms with Gasteiger partial charge in [-0.05, 0) is 0 Å². The maximum Gasteiger partial charge on any atom is 0.166 e. The third-order valence-electron chi connectivity index (χ3n) is 2.51. The number of thioether (sulfide) groups is 1. The molecule has 90 valence electrons. The van der Waals surface area contributed by atoms with Gasteiger partial charge in [0.05, 0.1) is 12.9 Å². The summed E-state index contributed by atoms with van der Waals surface area (Å²) in [5.74, 6) is 0.748. The standard InChI is InChI=1S/C9H9ClN4O2S/c10-8-7-9(12-3-11-8)14(4-13-7)5-2-17-6(1-15)16-5/h3-6,15H,1-2H2/t5-,6-/m0/s1. The van der Waals surface area contributed by atoms with Crippen LogP contribution < -0.4 is 0 Å². The van der Waals surface area contributed by atoms with Crippen molar-refractivity contribution in [3.05, 3.63) is 17.8 Å². The van der Waals surface area contributed by atoms with Crippen LogP contribution in [0, 0.1) is 0 Å². The Labute approximate surface area is 106 Å². The monoisotopic (exact) mass is 272 g/mol. The molecule has 1 aliphatic heterocycles. The molecule has 0 spiro atoms. The summed E-state index contributed by atoms with van der Waals surface area (Å²) in [6, 6.07) is 0. The minimum atomic E-state index is -0.185. The first kappa shape index (κ1) is 11.2. The number of aliphatic hydroxyl groups excluding tert-OH is 1. The molecular weight excluding hydrogens is 264 g/mol. The average molecular weight is 273 g/mol. The maximum atomic E-state index is 9.02. The highest BCUT2D eigenvalue weighted by atomic mass is 35.5. The third-order valence-corrected chi connectivity index (χ3v) is 3.89. The van der Waals surface area contributed by atoms with E-state index in [2.05, 4.69) is 15.0 Å². The molecule has 0 amide bonds. The van der Waals surface area contributed by atoms with Crippen LogP contribution in [-0.2, 0) is 4.74 Å². The fourth-order valence-electron chi connectivity index (χ4n) is 1.72. The molecule has 0 bridgehead atoms. The molecule has 1 N–H and O–H groups in total. The van der Waals surface area contributed by atoms with Crippen LogP contribution in [0.15, 0.2) is 12.7 Å². The lowest BCUT2D eigenvalue weighted by Gasteiger charge is -2.12. The highest BCUT2D eigenvalue weighted by Gasteiger charge is 2.28. The zero-order valence-electron chi connectivity index (χ0n) is 8.65. The SMILES string of the molecule is OC[C@H]1O[C@H](n2cnc3c(Cl)ncnc32)CS1. The third kappa shape index (κ3) is 1.89. The first-order chi connectivity index (χ1) is 8.29. The van der Waals surface area contributed by atoms with E-state index in [1.165, 1.54) is 6.33 Å². The zero-order valence-corrected chi connectivity index (χ0v) is 10.2. The summed E-state index contributed by atoms with van der Waals surface area (Å²) in [4.78, 5) is 12.2. The molecule has 3 heterocycles. The van der Waals surface area contributed by atoms with Crippen molar-refractivity contribution in [3.8, 4) is 0 Å². The van der Waals surface area contributed by atoms with Crippen molar-refractivity contribution in [3.63, 3.8) is 0 Å². The summed E-state index contributed by atoms with van der Waals surface area (Å²) in [5, 5.41) is 9.35.